The molecule has 3 heterocycles. The zero-order valence-corrected chi connectivity index (χ0v) is 65.3. The fourth-order valence-electron chi connectivity index (χ4n) is 17.4. The van der Waals surface area contributed by atoms with E-state index in [0.29, 0.717) is 22.3 Å². The molecule has 3 heteroatoms. The van der Waals surface area contributed by atoms with E-state index >= 15 is 0 Å². The van der Waals surface area contributed by atoms with Crippen molar-refractivity contribution in [2.45, 2.75) is 19.3 Å². The van der Waals surface area contributed by atoms with Crippen LogP contribution in [0.15, 0.2) is 449 Å². The van der Waals surface area contributed by atoms with Gasteiger partial charge in [0.1, 0.15) is 33.5 Å². The second-order valence-corrected chi connectivity index (χ2v) is 30.3. The summed E-state index contributed by atoms with van der Waals surface area (Å²) in [6.45, 7) is 4.16. The highest BCUT2D eigenvalue weighted by atomic mass is 16.3. The molecule has 0 saturated heterocycles. The summed E-state index contributed by atoms with van der Waals surface area (Å²) in [7, 11) is 0. The number of rotatable bonds is 7. The van der Waals surface area contributed by atoms with Crippen LogP contribution in [0.1, 0.15) is 94.9 Å². The van der Waals surface area contributed by atoms with Crippen molar-refractivity contribution in [3.05, 3.63) is 447 Å². The number of hydrogen-bond acceptors (Lipinski definition) is 3. The second kappa shape index (κ2) is 29.0. The van der Waals surface area contributed by atoms with Crippen molar-refractivity contribution in [1.29, 1.82) is 0 Å². The molecule has 0 saturated carbocycles. The molecule has 588 valence electrons. The van der Waals surface area contributed by atoms with Crippen LogP contribution in [0.2, 0.25) is 0 Å². The minimum Gasteiger partial charge on any atom is -0.456 e. The molecule has 1 aliphatic rings. The van der Waals surface area contributed by atoms with E-state index in [1.807, 2.05) is 72.8 Å². The van der Waals surface area contributed by atoms with Gasteiger partial charge in [0.15, 0.2) is 0 Å². The van der Waals surface area contributed by atoms with Crippen molar-refractivity contribution in [2.24, 2.45) is 0 Å². The SMILES string of the molecule is [2H]c1c(-c2c3c([2H])c([2H])c([2H])c([2H])c3c(-c3ccc4c(c3)-c3ccccc3C4(C)C)c3c([2H])c([2H])c([2H])c([2H])c23)c([2H])c2c(oc3c([2H])c4c([2H])c([2H])c([2H])c([2H])c4c([2H])c32)c1[2H].[2H]c1c(-c2c3c([2H])c([2H])c([2H])c([2H])c3c(-c3cccc(-c4ccccc4)c3)c3c([2H])c([2H])c([2H])c([2H])c23)c([2H])c2c(oc3c([2H])c4c([2H])c([2H])c([2H])c([2H])c4c([2H])c32)c1[2H].[2H]c1c(-c2c3c([2H])c([2H])c([2H])c([2H])c3c(-c3ccccc3)c3c([2H])c([2H])c([2H])c([2H])c23)c([2H])c2c(oc3c([2H])c4c([2H])c([2H])c([2H])c([2H])c4c([2H])c32)c1[2H]. The van der Waals surface area contributed by atoms with Gasteiger partial charge in [-0.2, -0.15) is 0 Å². The van der Waals surface area contributed by atoms with Crippen LogP contribution in [-0.4, -0.2) is 0 Å². The first-order valence-corrected chi connectivity index (χ1v) is 39.4. The predicted octanol–water partition coefficient (Wildman–Crippen LogP) is 35.1. The normalized spacial score (nSPS) is 18.1. The lowest BCUT2D eigenvalue weighted by atomic mass is 9.81. The molecule has 0 fully saturated rings. The first-order valence-electron chi connectivity index (χ1n) is 64.9. The van der Waals surface area contributed by atoms with E-state index in [4.69, 9.17) is 58.5 Å². The molecular weight excluding hydrogens is 1530 g/mol. The first kappa shape index (κ1) is 38.1. The third kappa shape index (κ3) is 11.7. The highest BCUT2D eigenvalue weighted by Gasteiger charge is 2.36. The standard InChI is InChI=1S/C45H30O.C42H26O.C36H22O/c1-45(2)39-18-10-9-13-31(39)36-24-29(19-21-40(36)45)43-32-14-5-7-16-34(32)44(35-17-8-6-15-33(35)43)30-20-22-41-37(25-30)38-23-27-11-3-4-12-28(27)26-42(38)46-41;1-2-11-27(12-3-1)28-15-10-16-31(23-28)41-33-17-6-8-19-35(33)42(36-20-9-7-18-34(36)41)32-21-22-39-37(25-32)38-24-29-13-4-5-14-30(29)26-40(38)43-39;1-2-10-23(11-3-1)35-27-14-6-8-16-29(27)36(30-17-9-7-15-28(30)35)26-18-19-33-31(21-26)32-20-24-12-4-5-13-25(24)22-34(32)37-33/h3-26H,1-2H3;1-26H;1-22H/i3D,4D,5D,6D,7D,8D,11D,12D,14D,15D,16D,17D,20D,22D,23D,25D,26D;4D,5D,6D,7D,8D,9D,13D,14D,17D,18D,19D,20D,21D,22D,24D,25D,26D;4D,5D,6D,7D,8D,9D,12D,13D,14D,15D,16D,17D,18D,19D,20D,21D,22D. The molecule has 0 N–H and O–H groups in total. The number of hydrogen-bond donors (Lipinski definition) is 0. The Morgan fingerprint density at radius 3 is 0.817 bits per heavy atom. The average molecular weight is 1660 g/mol. The molecule has 3 aromatic heterocycles. The summed E-state index contributed by atoms with van der Waals surface area (Å²) in [5, 5.41) is -6.72. The van der Waals surface area contributed by atoms with Crippen LogP contribution in [0.25, 0.3) is 252 Å². The Morgan fingerprint density at radius 2 is 0.452 bits per heavy atom. The Hall–Kier alpha value is -16.2. The average Bonchev–Trinajstić information content (AvgIpc) is 1.68. The molecule has 27 rings (SSSR count). The van der Waals surface area contributed by atoms with Gasteiger partial charge in [0.2, 0.25) is 0 Å². The summed E-state index contributed by atoms with van der Waals surface area (Å²) < 4.78 is 475. The Balaban J connectivity index is 0.000000132. The first-order chi connectivity index (χ1) is 83.5. The Kier molecular flexibility index (Phi) is 8.76. The fourth-order valence-corrected chi connectivity index (χ4v) is 17.4. The van der Waals surface area contributed by atoms with Gasteiger partial charge in [-0.1, -0.05) is 365 Å². The van der Waals surface area contributed by atoms with Gasteiger partial charge in [-0.05, 0) is 282 Å². The van der Waals surface area contributed by atoms with E-state index in [9.17, 15) is 24.7 Å². The number of benzene rings is 23. The number of furan rings is 3. The van der Waals surface area contributed by atoms with Crippen LogP contribution in [0.5, 0.6) is 0 Å². The van der Waals surface area contributed by atoms with Crippen molar-refractivity contribution in [2.75, 3.05) is 0 Å². The Morgan fingerprint density at radius 1 is 0.183 bits per heavy atom. The van der Waals surface area contributed by atoms with E-state index in [1.165, 1.54) is 0 Å². The van der Waals surface area contributed by atoms with Gasteiger partial charge in [-0.3, -0.25) is 0 Å². The molecule has 26 aromatic rings. The molecule has 126 heavy (non-hydrogen) atoms. The monoisotopic (exact) mass is 1650 g/mol. The third-order valence-electron chi connectivity index (χ3n) is 23.0. The van der Waals surface area contributed by atoms with Crippen LogP contribution in [-0.2, 0) is 5.41 Å². The van der Waals surface area contributed by atoms with E-state index in [1.54, 1.807) is 54.6 Å². The van der Waals surface area contributed by atoms with Crippen molar-refractivity contribution in [3.8, 4) is 89.0 Å². The van der Waals surface area contributed by atoms with E-state index in [-0.39, 0.29) is 163 Å². The van der Waals surface area contributed by atoms with Crippen LogP contribution < -0.4 is 0 Å². The van der Waals surface area contributed by atoms with Gasteiger partial charge in [0.05, 0.1) is 69.9 Å². The molecule has 0 aliphatic heterocycles. The lowest BCUT2D eigenvalue weighted by Gasteiger charge is -2.22. The lowest BCUT2D eigenvalue weighted by Crippen LogP contribution is -2.14. The zero-order chi connectivity index (χ0) is 128. The highest BCUT2D eigenvalue weighted by molar-refractivity contribution is 6.27. The maximum atomic E-state index is 9.82. The Bertz CT molecular complexity index is 12100. The van der Waals surface area contributed by atoms with Gasteiger partial charge in [0, 0.05) is 37.7 Å². The van der Waals surface area contributed by atoms with Gasteiger partial charge in [0.25, 0.3) is 0 Å². The van der Waals surface area contributed by atoms with E-state index in [2.05, 4.69) is 13.8 Å². The minimum atomic E-state index is -0.736. The smallest absolute Gasteiger partial charge is 0.136 e. The van der Waals surface area contributed by atoms with Crippen molar-refractivity contribution in [1.82, 2.24) is 0 Å². The zero-order valence-electron chi connectivity index (χ0n) is 116. The van der Waals surface area contributed by atoms with Crippen molar-refractivity contribution >= 4 is 163 Å². The van der Waals surface area contributed by atoms with E-state index in [0.717, 1.165) is 27.8 Å². The maximum Gasteiger partial charge on any atom is 0.136 e. The van der Waals surface area contributed by atoms with Crippen LogP contribution in [0, 0.1) is 0 Å². The lowest BCUT2D eigenvalue weighted by molar-refractivity contribution is 0.660. The van der Waals surface area contributed by atoms with Crippen LogP contribution in [0.4, 0.5) is 0 Å². The Labute approximate surface area is 798 Å². The van der Waals surface area contributed by atoms with Gasteiger partial charge in [-0.25, -0.2) is 0 Å². The number of fused-ring (bicyclic) bond motifs is 21. The minimum absolute atomic E-state index is 0.0347. The molecule has 0 amide bonds. The van der Waals surface area contributed by atoms with Crippen LogP contribution >= 0.6 is 0 Å². The summed E-state index contributed by atoms with van der Waals surface area (Å²) in [6, 6.07) is 4.85. The molecule has 1 aliphatic carbocycles. The van der Waals surface area contributed by atoms with E-state index < -0.39 is 364 Å². The van der Waals surface area contributed by atoms with Gasteiger partial charge < -0.3 is 13.3 Å². The molecule has 0 unspecified atom stereocenters. The summed E-state index contributed by atoms with van der Waals surface area (Å²) in [5.41, 5.74) is 0.916. The summed E-state index contributed by atoms with van der Waals surface area (Å²) in [5.74, 6) is 0. The molecule has 0 radical (unpaired) electrons. The third-order valence-corrected chi connectivity index (χ3v) is 23.0. The van der Waals surface area contributed by atoms with Gasteiger partial charge >= 0.3 is 0 Å². The topological polar surface area (TPSA) is 39.4 Å². The van der Waals surface area contributed by atoms with Crippen LogP contribution in [0.3, 0.4) is 0 Å². The molecule has 0 spiro atoms. The van der Waals surface area contributed by atoms with Crippen molar-refractivity contribution < 1.29 is 83.2 Å². The quantitative estimate of drug-likeness (QED) is 0.149. The maximum absolute atomic E-state index is 9.82. The fraction of sp³-hybridized carbons (Fsp3) is 0.0244. The van der Waals surface area contributed by atoms with Crippen molar-refractivity contribution in [3.63, 3.8) is 0 Å². The molecule has 0 bridgehead atoms. The van der Waals surface area contributed by atoms with Gasteiger partial charge in [-0.15, -0.1) is 0 Å². The summed E-state index contributed by atoms with van der Waals surface area (Å²) in [4.78, 5) is 0. The molecule has 3 nitrogen and oxygen atoms in total. The molecule has 23 aromatic carbocycles. The summed E-state index contributed by atoms with van der Waals surface area (Å²) >= 11 is 0. The predicted molar refractivity (Wildman–Crippen MR) is 534 cm³/mol. The molecule has 0 atom stereocenters. The largest absolute Gasteiger partial charge is 0.456 e. The summed E-state index contributed by atoms with van der Waals surface area (Å²) in [6.07, 6.45) is 0. The second-order valence-electron chi connectivity index (χ2n) is 30.3. The highest BCUT2D eigenvalue weighted by Crippen LogP contribution is 2.54. The molecular formula is C123H78O3.